The standard InChI is InChI=1S/C8H10O4/c1-11-7(9)5-3-4-6-8(10)12-2/h3-6H,1-2H3/b5-3+,6-4?. The highest BCUT2D eigenvalue weighted by molar-refractivity contribution is 5.84. The largest absolute Gasteiger partial charge is 0.466 e. The van der Waals surface area contributed by atoms with E-state index in [1.54, 1.807) is 0 Å². The molecule has 0 N–H and O–H groups in total. The van der Waals surface area contributed by atoms with Crippen LogP contribution in [0, 0.1) is 0 Å². The molecule has 0 bridgehead atoms. The summed E-state index contributed by atoms with van der Waals surface area (Å²) in [4.78, 5) is 20.9. The maximum Gasteiger partial charge on any atom is 0.330 e. The van der Waals surface area contributed by atoms with Crippen LogP contribution in [0.3, 0.4) is 0 Å². The lowest BCUT2D eigenvalue weighted by Gasteiger charge is -1.87. The van der Waals surface area contributed by atoms with Gasteiger partial charge in [0.2, 0.25) is 0 Å². The summed E-state index contributed by atoms with van der Waals surface area (Å²) >= 11 is 0. The van der Waals surface area contributed by atoms with Crippen LogP contribution in [0.15, 0.2) is 24.3 Å². The summed E-state index contributed by atoms with van der Waals surface area (Å²) in [5.41, 5.74) is 0. The lowest BCUT2D eigenvalue weighted by molar-refractivity contribution is -0.135. The minimum Gasteiger partial charge on any atom is -0.466 e. The molecule has 66 valence electrons. The molecule has 4 nitrogen and oxygen atoms in total. The minimum atomic E-state index is -0.468. The summed E-state index contributed by atoms with van der Waals surface area (Å²) < 4.78 is 8.62. The second-order valence-electron chi connectivity index (χ2n) is 1.76. The monoisotopic (exact) mass is 170 g/mol. The number of hydrogen-bond donors (Lipinski definition) is 0. The molecule has 0 aromatic heterocycles. The van der Waals surface area contributed by atoms with Gasteiger partial charge in [-0.3, -0.25) is 0 Å². The Kier molecular flexibility index (Phi) is 5.34. The van der Waals surface area contributed by atoms with Gasteiger partial charge in [0.25, 0.3) is 0 Å². The van der Waals surface area contributed by atoms with Crippen LogP contribution in [0.25, 0.3) is 0 Å². The fourth-order valence-corrected chi connectivity index (χ4v) is 0.404. The number of methoxy groups -OCH3 is 2. The van der Waals surface area contributed by atoms with Crippen molar-refractivity contribution in [2.75, 3.05) is 14.2 Å². The van der Waals surface area contributed by atoms with Crippen molar-refractivity contribution in [3.8, 4) is 0 Å². The topological polar surface area (TPSA) is 52.6 Å². The molecule has 12 heavy (non-hydrogen) atoms. The summed E-state index contributed by atoms with van der Waals surface area (Å²) in [7, 11) is 2.55. The first-order valence-electron chi connectivity index (χ1n) is 3.21. The van der Waals surface area contributed by atoms with Crippen molar-refractivity contribution in [2.24, 2.45) is 0 Å². The summed E-state index contributed by atoms with van der Waals surface area (Å²) in [6.45, 7) is 0. The van der Waals surface area contributed by atoms with Crippen LogP contribution < -0.4 is 0 Å². The molecule has 0 unspecified atom stereocenters. The third-order valence-electron chi connectivity index (χ3n) is 0.978. The second-order valence-corrected chi connectivity index (χ2v) is 1.76. The molecule has 0 fully saturated rings. The van der Waals surface area contributed by atoms with Gasteiger partial charge in [-0.25, -0.2) is 9.59 Å². The molecule has 0 aromatic carbocycles. The highest BCUT2D eigenvalue weighted by Crippen LogP contribution is 1.82. The maximum absolute atomic E-state index is 10.5. The average Bonchev–Trinajstić information content (AvgIpc) is 2.11. The van der Waals surface area contributed by atoms with E-state index in [1.165, 1.54) is 38.5 Å². The lowest BCUT2D eigenvalue weighted by atomic mass is 10.4. The molecule has 0 atom stereocenters. The first-order chi connectivity index (χ1) is 5.70. The number of carbonyl (C=O) groups excluding carboxylic acids is 2. The van der Waals surface area contributed by atoms with Crippen molar-refractivity contribution >= 4 is 11.9 Å². The molecule has 0 saturated carbocycles. The predicted octanol–water partition coefficient (Wildman–Crippen LogP) is 0.445. The Bertz CT molecular complexity index is 191. The van der Waals surface area contributed by atoms with E-state index in [1.807, 2.05) is 0 Å². The van der Waals surface area contributed by atoms with Gasteiger partial charge in [-0.2, -0.15) is 0 Å². The Hall–Kier alpha value is -1.58. The SMILES string of the molecule is COC(=O)C=C/C=C/C(=O)OC. The Morgan fingerprint density at radius 3 is 1.50 bits per heavy atom. The number of rotatable bonds is 3. The van der Waals surface area contributed by atoms with E-state index in [0.29, 0.717) is 0 Å². The average molecular weight is 170 g/mol. The van der Waals surface area contributed by atoms with Crippen LogP contribution in [-0.2, 0) is 19.1 Å². The zero-order valence-corrected chi connectivity index (χ0v) is 6.94. The van der Waals surface area contributed by atoms with Crippen LogP contribution in [0.4, 0.5) is 0 Å². The van der Waals surface area contributed by atoms with Crippen molar-refractivity contribution in [3.63, 3.8) is 0 Å². The third kappa shape index (κ3) is 5.22. The van der Waals surface area contributed by atoms with E-state index in [-0.39, 0.29) is 0 Å². The molecule has 0 aliphatic rings. The van der Waals surface area contributed by atoms with Gasteiger partial charge in [-0.15, -0.1) is 0 Å². The van der Waals surface area contributed by atoms with Crippen molar-refractivity contribution in [1.82, 2.24) is 0 Å². The number of carbonyl (C=O) groups is 2. The molecule has 0 amide bonds. The quantitative estimate of drug-likeness (QED) is 0.350. The van der Waals surface area contributed by atoms with Gasteiger partial charge in [-0.1, -0.05) is 12.2 Å². The van der Waals surface area contributed by atoms with Gasteiger partial charge in [-0.05, 0) is 0 Å². The van der Waals surface area contributed by atoms with Gasteiger partial charge in [0, 0.05) is 12.2 Å². The predicted molar refractivity (Wildman–Crippen MR) is 42.3 cm³/mol. The van der Waals surface area contributed by atoms with Crippen molar-refractivity contribution in [1.29, 1.82) is 0 Å². The normalized spacial score (nSPS) is 10.5. The van der Waals surface area contributed by atoms with E-state index in [4.69, 9.17) is 0 Å². The number of esters is 2. The first kappa shape index (κ1) is 10.4. The molecule has 0 radical (unpaired) electrons. The molecule has 0 spiro atoms. The van der Waals surface area contributed by atoms with Crippen molar-refractivity contribution in [2.45, 2.75) is 0 Å². The van der Waals surface area contributed by atoms with E-state index in [2.05, 4.69) is 9.47 Å². The summed E-state index contributed by atoms with van der Waals surface area (Å²) in [6.07, 6.45) is 5.17. The van der Waals surface area contributed by atoms with Crippen LogP contribution >= 0.6 is 0 Å². The second kappa shape index (κ2) is 6.15. The number of ether oxygens (including phenoxy) is 2. The molecule has 0 heterocycles. The zero-order valence-electron chi connectivity index (χ0n) is 6.94. The molecule has 0 rings (SSSR count). The van der Waals surface area contributed by atoms with Gasteiger partial charge < -0.3 is 9.47 Å². The van der Waals surface area contributed by atoms with Crippen LogP contribution in [0.1, 0.15) is 0 Å². The van der Waals surface area contributed by atoms with Crippen molar-refractivity contribution in [3.05, 3.63) is 24.3 Å². The van der Waals surface area contributed by atoms with E-state index < -0.39 is 11.9 Å². The Morgan fingerprint density at radius 1 is 0.917 bits per heavy atom. The highest BCUT2D eigenvalue weighted by atomic mass is 16.5. The van der Waals surface area contributed by atoms with Crippen LogP contribution in [-0.4, -0.2) is 26.2 Å². The van der Waals surface area contributed by atoms with Gasteiger partial charge >= 0.3 is 11.9 Å². The van der Waals surface area contributed by atoms with E-state index in [9.17, 15) is 9.59 Å². The summed E-state index contributed by atoms with van der Waals surface area (Å²) in [5, 5.41) is 0. The molecule has 0 aromatic rings. The molecule has 0 saturated heterocycles. The summed E-state index contributed by atoms with van der Waals surface area (Å²) in [5.74, 6) is -0.936. The van der Waals surface area contributed by atoms with Gasteiger partial charge in [0.1, 0.15) is 0 Å². The van der Waals surface area contributed by atoms with Gasteiger partial charge in [0.05, 0.1) is 14.2 Å². The van der Waals surface area contributed by atoms with E-state index in [0.717, 1.165) is 0 Å². The minimum absolute atomic E-state index is 0.468. The zero-order chi connectivity index (χ0) is 9.40. The fraction of sp³-hybridized carbons (Fsp3) is 0.250. The molecule has 0 aliphatic heterocycles. The first-order valence-corrected chi connectivity index (χ1v) is 3.21. The highest BCUT2D eigenvalue weighted by Gasteiger charge is 1.89. The maximum atomic E-state index is 10.5. The van der Waals surface area contributed by atoms with E-state index >= 15 is 0 Å². The number of allylic oxidation sites excluding steroid dienone is 2. The molecule has 0 aliphatic carbocycles. The van der Waals surface area contributed by atoms with Gasteiger partial charge in [0.15, 0.2) is 0 Å². The van der Waals surface area contributed by atoms with Crippen molar-refractivity contribution < 1.29 is 19.1 Å². The Balaban J connectivity index is 3.81. The smallest absolute Gasteiger partial charge is 0.330 e. The number of hydrogen-bond acceptors (Lipinski definition) is 4. The Morgan fingerprint density at radius 2 is 1.25 bits per heavy atom. The fourth-order valence-electron chi connectivity index (χ4n) is 0.404. The third-order valence-corrected chi connectivity index (χ3v) is 0.978. The molecule has 4 heteroatoms. The molecular formula is C8H10O4. The lowest BCUT2D eigenvalue weighted by Crippen LogP contribution is -1.94. The summed E-state index contributed by atoms with van der Waals surface area (Å²) in [6, 6.07) is 0. The molecular weight excluding hydrogens is 160 g/mol. The Labute approximate surface area is 70.5 Å². The van der Waals surface area contributed by atoms with Crippen LogP contribution in [0.5, 0.6) is 0 Å². The van der Waals surface area contributed by atoms with Crippen LogP contribution in [0.2, 0.25) is 0 Å².